The first kappa shape index (κ1) is 10.6. The first-order valence-electron chi connectivity index (χ1n) is 5.42. The molecule has 1 N–H and O–H groups in total. The summed E-state index contributed by atoms with van der Waals surface area (Å²) in [6, 6.07) is 0. The molecule has 0 aliphatic carbocycles. The molecule has 0 spiro atoms. The number of ether oxygens (including phenoxy) is 1. The number of aryl methyl sites for hydroxylation is 1. The van der Waals surface area contributed by atoms with E-state index in [1.54, 1.807) is 7.11 Å². The van der Waals surface area contributed by atoms with Crippen LogP contribution in [0.3, 0.4) is 0 Å². The summed E-state index contributed by atoms with van der Waals surface area (Å²) in [4.78, 5) is 4.39. The molecule has 1 aromatic heterocycles. The Morgan fingerprint density at radius 1 is 1.60 bits per heavy atom. The van der Waals surface area contributed by atoms with Gasteiger partial charge in [0.2, 0.25) is 5.89 Å². The summed E-state index contributed by atoms with van der Waals surface area (Å²) in [5.41, 5.74) is 0. The maximum absolute atomic E-state index is 5.24. The summed E-state index contributed by atoms with van der Waals surface area (Å²) in [6.07, 6.45) is 2.87. The fourth-order valence-corrected chi connectivity index (χ4v) is 1.77. The van der Waals surface area contributed by atoms with Gasteiger partial charge < -0.3 is 14.6 Å². The van der Waals surface area contributed by atoms with Crippen molar-refractivity contribution >= 4 is 0 Å². The zero-order valence-electron chi connectivity index (χ0n) is 9.03. The van der Waals surface area contributed by atoms with Gasteiger partial charge >= 0.3 is 0 Å². The molecule has 1 saturated heterocycles. The second kappa shape index (κ2) is 5.23. The van der Waals surface area contributed by atoms with Gasteiger partial charge in [0.05, 0.1) is 5.92 Å². The van der Waals surface area contributed by atoms with Gasteiger partial charge in [0.25, 0.3) is 0 Å². The van der Waals surface area contributed by atoms with E-state index in [-0.39, 0.29) is 0 Å². The smallest absolute Gasteiger partial charge is 0.231 e. The van der Waals surface area contributed by atoms with Crippen LogP contribution in [0.5, 0.6) is 0 Å². The average molecular weight is 211 g/mol. The molecule has 0 amide bonds. The van der Waals surface area contributed by atoms with E-state index >= 15 is 0 Å². The van der Waals surface area contributed by atoms with E-state index < -0.39 is 0 Å². The largest absolute Gasteiger partial charge is 0.385 e. The lowest BCUT2D eigenvalue weighted by molar-refractivity contribution is 0.194. The Kier molecular flexibility index (Phi) is 3.69. The van der Waals surface area contributed by atoms with E-state index in [0.29, 0.717) is 5.92 Å². The Morgan fingerprint density at radius 3 is 3.27 bits per heavy atom. The van der Waals surface area contributed by atoms with Crippen molar-refractivity contribution in [1.82, 2.24) is 15.5 Å². The minimum absolute atomic E-state index is 0.411. The summed E-state index contributed by atoms with van der Waals surface area (Å²) in [5.74, 6) is 2.00. The van der Waals surface area contributed by atoms with Crippen LogP contribution in [0.4, 0.5) is 0 Å². The molecule has 15 heavy (non-hydrogen) atoms. The molecule has 2 heterocycles. The van der Waals surface area contributed by atoms with Crippen LogP contribution in [0.2, 0.25) is 0 Å². The number of rotatable bonds is 5. The van der Waals surface area contributed by atoms with E-state index in [0.717, 1.165) is 50.7 Å². The van der Waals surface area contributed by atoms with Crippen LogP contribution in [0.15, 0.2) is 4.52 Å². The molecule has 1 unspecified atom stereocenters. The highest BCUT2D eigenvalue weighted by Gasteiger charge is 2.22. The van der Waals surface area contributed by atoms with Gasteiger partial charge in [0, 0.05) is 26.7 Å². The van der Waals surface area contributed by atoms with Crippen molar-refractivity contribution in [2.75, 3.05) is 26.8 Å². The Morgan fingerprint density at radius 2 is 2.53 bits per heavy atom. The van der Waals surface area contributed by atoms with Crippen molar-refractivity contribution in [2.45, 2.75) is 25.2 Å². The molecule has 1 fully saturated rings. The molecule has 1 aromatic rings. The van der Waals surface area contributed by atoms with Crippen molar-refractivity contribution in [2.24, 2.45) is 0 Å². The molecule has 0 radical (unpaired) electrons. The van der Waals surface area contributed by atoms with Gasteiger partial charge in [0.15, 0.2) is 5.82 Å². The highest BCUT2D eigenvalue weighted by molar-refractivity contribution is 4.98. The lowest BCUT2D eigenvalue weighted by atomic mass is 10.1. The number of hydrogen-bond acceptors (Lipinski definition) is 5. The topological polar surface area (TPSA) is 60.2 Å². The number of hydrogen-bond donors (Lipinski definition) is 1. The third-order valence-corrected chi connectivity index (χ3v) is 2.64. The molecular weight excluding hydrogens is 194 g/mol. The Hall–Kier alpha value is -0.940. The van der Waals surface area contributed by atoms with E-state index in [1.165, 1.54) is 0 Å². The van der Waals surface area contributed by atoms with Crippen molar-refractivity contribution in [1.29, 1.82) is 0 Å². The monoisotopic (exact) mass is 211 g/mol. The summed E-state index contributed by atoms with van der Waals surface area (Å²) in [6.45, 7) is 2.75. The zero-order chi connectivity index (χ0) is 10.5. The Labute approximate surface area is 89.2 Å². The molecule has 0 bridgehead atoms. The van der Waals surface area contributed by atoms with E-state index in [9.17, 15) is 0 Å². The summed E-state index contributed by atoms with van der Waals surface area (Å²) < 4.78 is 10.2. The van der Waals surface area contributed by atoms with E-state index in [4.69, 9.17) is 9.26 Å². The van der Waals surface area contributed by atoms with Crippen LogP contribution in [0.1, 0.15) is 30.5 Å². The van der Waals surface area contributed by atoms with Crippen molar-refractivity contribution in [3.05, 3.63) is 11.7 Å². The minimum atomic E-state index is 0.411. The SMILES string of the molecule is COCCCc1noc(C2CCNC2)n1. The van der Waals surface area contributed by atoms with Gasteiger partial charge in [-0.25, -0.2) is 0 Å². The van der Waals surface area contributed by atoms with Gasteiger partial charge in [-0.05, 0) is 19.4 Å². The molecule has 1 atom stereocenters. The summed E-state index contributed by atoms with van der Waals surface area (Å²) in [5, 5.41) is 7.25. The standard InChI is InChI=1S/C10H17N3O2/c1-14-6-2-3-9-12-10(15-13-9)8-4-5-11-7-8/h8,11H,2-7H2,1H3. The van der Waals surface area contributed by atoms with Crippen molar-refractivity contribution < 1.29 is 9.26 Å². The zero-order valence-corrected chi connectivity index (χ0v) is 9.03. The second-order valence-electron chi connectivity index (χ2n) is 3.83. The number of methoxy groups -OCH3 is 1. The molecule has 84 valence electrons. The molecule has 0 aromatic carbocycles. The van der Waals surface area contributed by atoms with Crippen LogP contribution in [0.25, 0.3) is 0 Å². The fraction of sp³-hybridized carbons (Fsp3) is 0.800. The van der Waals surface area contributed by atoms with Gasteiger partial charge in [-0.15, -0.1) is 0 Å². The quantitative estimate of drug-likeness (QED) is 0.727. The van der Waals surface area contributed by atoms with E-state index in [2.05, 4.69) is 15.5 Å². The molecule has 1 aliphatic rings. The van der Waals surface area contributed by atoms with Crippen LogP contribution >= 0.6 is 0 Å². The predicted molar refractivity (Wildman–Crippen MR) is 54.7 cm³/mol. The molecule has 1 aliphatic heterocycles. The first-order chi connectivity index (χ1) is 7.40. The third-order valence-electron chi connectivity index (χ3n) is 2.64. The maximum atomic E-state index is 5.24. The lowest BCUT2D eigenvalue weighted by Gasteiger charge is -1.98. The second-order valence-corrected chi connectivity index (χ2v) is 3.83. The van der Waals surface area contributed by atoms with Gasteiger partial charge in [0.1, 0.15) is 0 Å². The average Bonchev–Trinajstić information content (AvgIpc) is 2.87. The number of nitrogens with zero attached hydrogens (tertiary/aromatic N) is 2. The Balaban J connectivity index is 1.86. The highest BCUT2D eigenvalue weighted by atomic mass is 16.5. The molecular formula is C10H17N3O2. The van der Waals surface area contributed by atoms with Gasteiger partial charge in [-0.2, -0.15) is 4.98 Å². The van der Waals surface area contributed by atoms with Crippen molar-refractivity contribution in [3.63, 3.8) is 0 Å². The van der Waals surface area contributed by atoms with Crippen molar-refractivity contribution in [3.8, 4) is 0 Å². The maximum Gasteiger partial charge on any atom is 0.231 e. The highest BCUT2D eigenvalue weighted by Crippen LogP contribution is 2.20. The lowest BCUT2D eigenvalue weighted by Crippen LogP contribution is -2.08. The summed E-state index contributed by atoms with van der Waals surface area (Å²) in [7, 11) is 1.70. The van der Waals surface area contributed by atoms with E-state index in [1.807, 2.05) is 0 Å². The first-order valence-corrected chi connectivity index (χ1v) is 5.42. The number of nitrogens with one attached hydrogen (secondary N) is 1. The normalized spacial score (nSPS) is 21.0. The molecule has 5 nitrogen and oxygen atoms in total. The fourth-order valence-electron chi connectivity index (χ4n) is 1.77. The molecule has 0 saturated carbocycles. The van der Waals surface area contributed by atoms with Gasteiger partial charge in [-0.3, -0.25) is 0 Å². The third kappa shape index (κ3) is 2.76. The summed E-state index contributed by atoms with van der Waals surface area (Å²) >= 11 is 0. The molecule has 2 rings (SSSR count). The van der Waals surface area contributed by atoms with Gasteiger partial charge in [-0.1, -0.05) is 5.16 Å². The molecule has 5 heteroatoms. The van der Waals surface area contributed by atoms with Crippen LogP contribution in [-0.4, -0.2) is 36.9 Å². The minimum Gasteiger partial charge on any atom is -0.385 e. The Bertz CT molecular complexity index is 295. The predicted octanol–water partition coefficient (Wildman–Crippen LogP) is 0.726. The van der Waals surface area contributed by atoms with Crippen LogP contribution in [0, 0.1) is 0 Å². The van der Waals surface area contributed by atoms with Crippen LogP contribution in [-0.2, 0) is 11.2 Å². The number of aromatic nitrogens is 2. The van der Waals surface area contributed by atoms with Crippen LogP contribution < -0.4 is 5.32 Å².